The molecule has 30 heavy (non-hydrogen) atoms. The second kappa shape index (κ2) is 10.0. The summed E-state index contributed by atoms with van der Waals surface area (Å²) in [5, 5.41) is 5.79. The lowest BCUT2D eigenvalue weighted by Crippen LogP contribution is -2.47. The number of benzene rings is 2. The molecular weight excluding hydrogens is 392 g/mol. The van der Waals surface area contributed by atoms with Gasteiger partial charge in [0.2, 0.25) is 5.91 Å². The van der Waals surface area contributed by atoms with Gasteiger partial charge in [0.1, 0.15) is 6.04 Å². The highest BCUT2D eigenvalue weighted by Crippen LogP contribution is 2.30. The minimum absolute atomic E-state index is 0.0499. The first-order valence-corrected chi connectivity index (χ1v) is 11.4. The Morgan fingerprint density at radius 1 is 1.00 bits per heavy atom. The van der Waals surface area contributed by atoms with Crippen LogP contribution in [0.5, 0.6) is 0 Å². The van der Waals surface area contributed by atoms with E-state index >= 15 is 0 Å². The summed E-state index contributed by atoms with van der Waals surface area (Å²) in [7, 11) is 0. The van der Waals surface area contributed by atoms with Crippen molar-refractivity contribution in [2.45, 2.75) is 25.4 Å². The van der Waals surface area contributed by atoms with Crippen molar-refractivity contribution < 1.29 is 9.53 Å². The van der Waals surface area contributed by atoms with E-state index in [0.29, 0.717) is 26.3 Å². The van der Waals surface area contributed by atoms with Gasteiger partial charge in [-0.15, -0.1) is 11.3 Å². The van der Waals surface area contributed by atoms with E-state index in [1.165, 1.54) is 16.0 Å². The Kier molecular flexibility index (Phi) is 6.95. The van der Waals surface area contributed by atoms with Gasteiger partial charge in [0.05, 0.1) is 19.3 Å². The van der Waals surface area contributed by atoms with Gasteiger partial charge in [-0.05, 0) is 34.6 Å². The first-order chi connectivity index (χ1) is 14.8. The van der Waals surface area contributed by atoms with Gasteiger partial charge in [-0.2, -0.15) is 0 Å². The number of nitrogens with one attached hydrogen (secondary N) is 1. The lowest BCUT2D eigenvalue weighted by molar-refractivity contribution is -0.137. The van der Waals surface area contributed by atoms with Crippen molar-refractivity contribution in [3.8, 4) is 0 Å². The second-order valence-electron chi connectivity index (χ2n) is 7.49. The third-order valence-corrected chi connectivity index (χ3v) is 6.52. The SMILES string of the molecule is CCc1ccc([C@H](N[C@@H](C(=O)N2CCOCC2)c2ccccc2)c2cccs2)cc1. The monoisotopic (exact) mass is 420 g/mol. The molecule has 1 aromatic heterocycles. The maximum absolute atomic E-state index is 13.5. The summed E-state index contributed by atoms with van der Waals surface area (Å²) in [6.07, 6.45) is 1.01. The predicted molar refractivity (Wildman–Crippen MR) is 122 cm³/mol. The highest BCUT2D eigenvalue weighted by Gasteiger charge is 2.30. The quantitative estimate of drug-likeness (QED) is 0.608. The van der Waals surface area contributed by atoms with E-state index in [2.05, 4.69) is 54.0 Å². The summed E-state index contributed by atoms with van der Waals surface area (Å²) in [5.41, 5.74) is 3.47. The van der Waals surface area contributed by atoms with Crippen LogP contribution in [0.4, 0.5) is 0 Å². The van der Waals surface area contributed by atoms with Crippen molar-refractivity contribution in [2.24, 2.45) is 0 Å². The molecule has 2 atom stereocenters. The van der Waals surface area contributed by atoms with Crippen LogP contribution in [-0.2, 0) is 16.0 Å². The zero-order valence-corrected chi connectivity index (χ0v) is 18.1. The van der Waals surface area contributed by atoms with Gasteiger partial charge in [0.25, 0.3) is 0 Å². The number of hydrogen-bond acceptors (Lipinski definition) is 4. The van der Waals surface area contributed by atoms with Crippen molar-refractivity contribution in [3.63, 3.8) is 0 Å². The predicted octanol–water partition coefficient (Wildman–Crippen LogP) is 4.59. The third-order valence-electron chi connectivity index (χ3n) is 5.58. The smallest absolute Gasteiger partial charge is 0.244 e. The number of morpholine rings is 1. The van der Waals surface area contributed by atoms with Crippen LogP contribution in [-0.4, -0.2) is 37.1 Å². The molecule has 0 saturated carbocycles. The zero-order chi connectivity index (χ0) is 20.8. The number of ether oxygens (including phenoxy) is 1. The van der Waals surface area contributed by atoms with Crippen LogP contribution in [0.15, 0.2) is 72.1 Å². The Balaban J connectivity index is 1.67. The van der Waals surface area contributed by atoms with Crippen LogP contribution in [0, 0.1) is 0 Å². The van der Waals surface area contributed by atoms with Crippen molar-refractivity contribution in [1.82, 2.24) is 10.2 Å². The van der Waals surface area contributed by atoms with Gasteiger partial charge in [-0.1, -0.05) is 67.6 Å². The maximum Gasteiger partial charge on any atom is 0.244 e. The molecule has 2 heterocycles. The lowest BCUT2D eigenvalue weighted by atomic mass is 9.98. The molecule has 1 fully saturated rings. The van der Waals surface area contributed by atoms with Crippen LogP contribution in [0.1, 0.15) is 40.6 Å². The number of hydrogen-bond donors (Lipinski definition) is 1. The molecule has 0 aliphatic carbocycles. The van der Waals surface area contributed by atoms with Crippen LogP contribution < -0.4 is 5.32 Å². The minimum atomic E-state index is -0.415. The van der Waals surface area contributed by atoms with E-state index in [1.54, 1.807) is 11.3 Å². The molecule has 4 nitrogen and oxygen atoms in total. The molecule has 3 aromatic rings. The Bertz CT molecular complexity index is 920. The zero-order valence-electron chi connectivity index (χ0n) is 17.3. The highest BCUT2D eigenvalue weighted by atomic mass is 32.1. The summed E-state index contributed by atoms with van der Waals surface area (Å²) in [5.74, 6) is 0.108. The van der Waals surface area contributed by atoms with Crippen LogP contribution in [0.25, 0.3) is 0 Å². The Hall–Kier alpha value is -2.47. The Labute approximate surface area is 182 Å². The van der Waals surface area contributed by atoms with Gasteiger partial charge < -0.3 is 9.64 Å². The van der Waals surface area contributed by atoms with Crippen molar-refractivity contribution in [2.75, 3.05) is 26.3 Å². The molecule has 2 aromatic carbocycles. The number of nitrogens with zero attached hydrogens (tertiary/aromatic N) is 1. The summed E-state index contributed by atoms with van der Waals surface area (Å²) in [6, 6.07) is 22.5. The molecule has 0 unspecified atom stereocenters. The Morgan fingerprint density at radius 2 is 1.73 bits per heavy atom. The van der Waals surface area contributed by atoms with Crippen molar-refractivity contribution in [3.05, 3.63) is 93.7 Å². The van der Waals surface area contributed by atoms with E-state index < -0.39 is 6.04 Å². The van der Waals surface area contributed by atoms with Crippen molar-refractivity contribution >= 4 is 17.2 Å². The van der Waals surface area contributed by atoms with Crippen LogP contribution in [0.3, 0.4) is 0 Å². The normalized spacial score (nSPS) is 16.2. The third kappa shape index (κ3) is 4.81. The fraction of sp³-hybridized carbons (Fsp3) is 0.320. The molecule has 1 aliphatic rings. The first kappa shape index (κ1) is 20.8. The largest absolute Gasteiger partial charge is 0.378 e. The van der Waals surface area contributed by atoms with Crippen molar-refractivity contribution in [1.29, 1.82) is 0 Å². The van der Waals surface area contributed by atoms with E-state index in [0.717, 1.165) is 12.0 Å². The van der Waals surface area contributed by atoms with Gasteiger partial charge in [-0.25, -0.2) is 0 Å². The molecule has 156 valence electrons. The highest BCUT2D eigenvalue weighted by molar-refractivity contribution is 7.10. The summed E-state index contributed by atoms with van der Waals surface area (Å²) < 4.78 is 5.45. The first-order valence-electron chi connectivity index (χ1n) is 10.6. The second-order valence-corrected chi connectivity index (χ2v) is 8.47. The standard InChI is InChI=1S/C25H28N2O2S/c1-2-19-10-12-21(13-11-19)23(22-9-6-18-30-22)26-24(20-7-4-3-5-8-20)25(28)27-14-16-29-17-15-27/h3-13,18,23-24,26H,2,14-17H2,1H3/t23-,24+/m0/s1. The molecule has 1 N–H and O–H groups in total. The number of aryl methyl sites for hydroxylation is 1. The van der Waals surface area contributed by atoms with E-state index in [4.69, 9.17) is 4.74 Å². The number of amides is 1. The molecule has 1 amide bonds. The van der Waals surface area contributed by atoms with Gasteiger partial charge >= 0.3 is 0 Å². The maximum atomic E-state index is 13.5. The topological polar surface area (TPSA) is 41.6 Å². The van der Waals surface area contributed by atoms with Crippen LogP contribution in [0.2, 0.25) is 0 Å². The molecule has 4 rings (SSSR count). The van der Waals surface area contributed by atoms with Gasteiger partial charge in [0.15, 0.2) is 0 Å². The molecule has 1 saturated heterocycles. The van der Waals surface area contributed by atoms with E-state index in [1.807, 2.05) is 35.2 Å². The minimum Gasteiger partial charge on any atom is -0.378 e. The van der Waals surface area contributed by atoms with E-state index in [-0.39, 0.29) is 11.9 Å². The lowest BCUT2D eigenvalue weighted by Gasteiger charge is -2.33. The van der Waals surface area contributed by atoms with Gasteiger partial charge in [0, 0.05) is 18.0 Å². The Morgan fingerprint density at radius 3 is 2.37 bits per heavy atom. The fourth-order valence-electron chi connectivity index (χ4n) is 3.83. The molecule has 0 spiro atoms. The van der Waals surface area contributed by atoms with Crippen LogP contribution >= 0.6 is 11.3 Å². The molecule has 0 bridgehead atoms. The fourth-order valence-corrected chi connectivity index (χ4v) is 4.64. The number of carbonyl (C=O) groups is 1. The summed E-state index contributed by atoms with van der Waals surface area (Å²) in [6.45, 7) is 4.63. The summed E-state index contributed by atoms with van der Waals surface area (Å²) >= 11 is 1.71. The average Bonchev–Trinajstić information content (AvgIpc) is 3.35. The number of thiophene rings is 1. The molecule has 5 heteroatoms. The molecular formula is C25H28N2O2S. The average molecular weight is 421 g/mol. The van der Waals surface area contributed by atoms with E-state index in [9.17, 15) is 4.79 Å². The molecule has 1 aliphatic heterocycles. The number of rotatable bonds is 7. The van der Waals surface area contributed by atoms with Gasteiger partial charge in [-0.3, -0.25) is 10.1 Å². The summed E-state index contributed by atoms with van der Waals surface area (Å²) in [4.78, 5) is 16.7. The molecule has 0 radical (unpaired) electrons. The number of carbonyl (C=O) groups excluding carboxylic acids is 1.